The molecule has 0 saturated heterocycles. The summed E-state index contributed by atoms with van der Waals surface area (Å²) in [7, 11) is 0. The van der Waals surface area contributed by atoms with Crippen LogP contribution in [0.3, 0.4) is 0 Å². The first-order chi connectivity index (χ1) is 9.54. The molecule has 104 valence electrons. The van der Waals surface area contributed by atoms with Gasteiger partial charge < -0.3 is 10.5 Å². The Kier molecular flexibility index (Phi) is 3.90. The van der Waals surface area contributed by atoms with Crippen LogP contribution in [0.1, 0.15) is 5.56 Å². The fourth-order valence-electron chi connectivity index (χ4n) is 1.67. The number of nitrogens with two attached hydrogens (primary N) is 1. The second kappa shape index (κ2) is 5.62. The molecule has 0 radical (unpaired) electrons. The summed E-state index contributed by atoms with van der Waals surface area (Å²) in [5, 5.41) is 10.8. The molecule has 2 aromatic rings. The summed E-state index contributed by atoms with van der Waals surface area (Å²) in [5.41, 5.74) is 5.13. The first kappa shape index (κ1) is 13.9. The van der Waals surface area contributed by atoms with E-state index in [1.165, 1.54) is 18.2 Å². The van der Waals surface area contributed by atoms with Gasteiger partial charge in [0, 0.05) is 18.2 Å². The molecule has 20 heavy (non-hydrogen) atoms. The fourth-order valence-corrected chi connectivity index (χ4v) is 1.67. The number of hydrogen-bond donors (Lipinski definition) is 1. The van der Waals surface area contributed by atoms with Crippen LogP contribution in [-0.2, 0) is 6.54 Å². The number of nitro groups is 1. The average Bonchev–Trinajstić information content (AvgIpc) is 2.42. The highest BCUT2D eigenvalue weighted by Gasteiger charge is 2.22. The Morgan fingerprint density at radius 3 is 2.30 bits per heavy atom. The lowest BCUT2D eigenvalue weighted by Gasteiger charge is -2.11. The van der Waals surface area contributed by atoms with Gasteiger partial charge in [0.1, 0.15) is 0 Å². The topological polar surface area (TPSA) is 78.4 Å². The maximum atomic E-state index is 13.7. The maximum Gasteiger partial charge on any atom is 0.314 e. The standard InChI is InChI=1S/C13H10F2N2O3/c14-9-4-1-3-8(7-16)12(9)20-13-10(15)5-2-6-11(13)17(18)19/h1-6H,7,16H2. The van der Waals surface area contributed by atoms with Crippen LogP contribution in [0.5, 0.6) is 11.5 Å². The normalized spacial score (nSPS) is 10.3. The SMILES string of the molecule is NCc1cccc(F)c1Oc1c(F)cccc1[N+](=O)[O-]. The molecule has 5 nitrogen and oxygen atoms in total. The van der Waals surface area contributed by atoms with Crippen LogP contribution < -0.4 is 10.5 Å². The van der Waals surface area contributed by atoms with Crippen LogP contribution in [0.2, 0.25) is 0 Å². The van der Waals surface area contributed by atoms with E-state index in [0.29, 0.717) is 0 Å². The molecule has 0 aliphatic heterocycles. The van der Waals surface area contributed by atoms with E-state index < -0.39 is 28.0 Å². The third-order valence-corrected chi connectivity index (χ3v) is 2.62. The number of rotatable bonds is 4. The van der Waals surface area contributed by atoms with Gasteiger partial charge in [-0.15, -0.1) is 0 Å². The van der Waals surface area contributed by atoms with Crippen LogP contribution in [-0.4, -0.2) is 4.92 Å². The lowest BCUT2D eigenvalue weighted by Crippen LogP contribution is -2.03. The lowest BCUT2D eigenvalue weighted by atomic mass is 10.2. The molecule has 0 bridgehead atoms. The summed E-state index contributed by atoms with van der Waals surface area (Å²) >= 11 is 0. The van der Waals surface area contributed by atoms with Crippen molar-refractivity contribution in [3.63, 3.8) is 0 Å². The molecule has 0 unspecified atom stereocenters. The van der Waals surface area contributed by atoms with Gasteiger partial charge in [-0.05, 0) is 12.1 Å². The van der Waals surface area contributed by atoms with Crippen molar-refractivity contribution in [1.29, 1.82) is 0 Å². The number of halogens is 2. The number of para-hydroxylation sites is 2. The zero-order chi connectivity index (χ0) is 14.7. The first-order valence-electron chi connectivity index (χ1n) is 5.62. The van der Waals surface area contributed by atoms with Crippen LogP contribution >= 0.6 is 0 Å². The van der Waals surface area contributed by atoms with E-state index in [1.54, 1.807) is 0 Å². The molecule has 0 saturated carbocycles. The molecule has 7 heteroatoms. The summed E-state index contributed by atoms with van der Waals surface area (Å²) in [6.07, 6.45) is 0. The molecule has 0 spiro atoms. The number of nitro benzene ring substituents is 1. The Balaban J connectivity index is 2.53. The highest BCUT2D eigenvalue weighted by molar-refractivity contribution is 5.50. The molecule has 2 aromatic carbocycles. The van der Waals surface area contributed by atoms with E-state index in [0.717, 1.165) is 18.2 Å². The number of benzene rings is 2. The number of ether oxygens (including phenoxy) is 1. The Bertz CT molecular complexity index is 662. The Morgan fingerprint density at radius 1 is 1.10 bits per heavy atom. The minimum absolute atomic E-state index is 0.0463. The van der Waals surface area contributed by atoms with Gasteiger partial charge >= 0.3 is 5.69 Å². The highest BCUT2D eigenvalue weighted by Crippen LogP contribution is 2.36. The van der Waals surface area contributed by atoms with E-state index >= 15 is 0 Å². The van der Waals surface area contributed by atoms with Crippen molar-refractivity contribution < 1.29 is 18.4 Å². The Hall–Kier alpha value is -2.54. The van der Waals surface area contributed by atoms with Gasteiger partial charge in [0.05, 0.1) is 4.92 Å². The van der Waals surface area contributed by atoms with Crippen molar-refractivity contribution in [1.82, 2.24) is 0 Å². The smallest absolute Gasteiger partial charge is 0.314 e. The molecule has 0 aromatic heterocycles. The minimum atomic E-state index is -0.953. The van der Waals surface area contributed by atoms with Crippen molar-refractivity contribution in [2.45, 2.75) is 6.54 Å². The van der Waals surface area contributed by atoms with Gasteiger partial charge in [-0.1, -0.05) is 18.2 Å². The van der Waals surface area contributed by atoms with Crippen molar-refractivity contribution in [2.75, 3.05) is 0 Å². The van der Waals surface area contributed by atoms with E-state index in [1.807, 2.05) is 0 Å². The summed E-state index contributed by atoms with van der Waals surface area (Å²) in [6, 6.07) is 7.24. The molecule has 0 aliphatic carbocycles. The van der Waals surface area contributed by atoms with Crippen LogP contribution in [0.4, 0.5) is 14.5 Å². The third kappa shape index (κ3) is 2.57. The molecule has 0 aliphatic rings. The molecule has 0 atom stereocenters. The monoisotopic (exact) mass is 280 g/mol. The summed E-state index contributed by atoms with van der Waals surface area (Å²) < 4.78 is 32.5. The van der Waals surface area contributed by atoms with Gasteiger partial charge in [0.15, 0.2) is 17.4 Å². The average molecular weight is 280 g/mol. The van der Waals surface area contributed by atoms with E-state index in [-0.39, 0.29) is 17.9 Å². The largest absolute Gasteiger partial charge is 0.444 e. The third-order valence-electron chi connectivity index (χ3n) is 2.62. The predicted octanol–water partition coefficient (Wildman–Crippen LogP) is 3.12. The zero-order valence-corrected chi connectivity index (χ0v) is 10.2. The van der Waals surface area contributed by atoms with Crippen molar-refractivity contribution in [3.8, 4) is 11.5 Å². The van der Waals surface area contributed by atoms with Crippen LogP contribution in [0, 0.1) is 21.7 Å². The van der Waals surface area contributed by atoms with E-state index in [2.05, 4.69) is 0 Å². The van der Waals surface area contributed by atoms with Gasteiger partial charge in [0.25, 0.3) is 0 Å². The predicted molar refractivity (Wildman–Crippen MR) is 67.4 cm³/mol. The molecular weight excluding hydrogens is 270 g/mol. The molecule has 2 N–H and O–H groups in total. The van der Waals surface area contributed by atoms with Crippen LogP contribution in [0.15, 0.2) is 36.4 Å². The Labute approximate surface area is 112 Å². The first-order valence-corrected chi connectivity index (χ1v) is 5.62. The molecular formula is C13H10F2N2O3. The summed E-state index contributed by atoms with van der Waals surface area (Å²) in [4.78, 5) is 10.0. The molecule has 0 fully saturated rings. The van der Waals surface area contributed by atoms with E-state index in [4.69, 9.17) is 10.5 Å². The maximum absolute atomic E-state index is 13.7. The molecule has 0 heterocycles. The van der Waals surface area contributed by atoms with Crippen molar-refractivity contribution in [2.24, 2.45) is 5.73 Å². The fraction of sp³-hybridized carbons (Fsp3) is 0.0769. The van der Waals surface area contributed by atoms with Gasteiger partial charge in [-0.3, -0.25) is 10.1 Å². The van der Waals surface area contributed by atoms with Gasteiger partial charge in [-0.25, -0.2) is 8.78 Å². The van der Waals surface area contributed by atoms with Gasteiger partial charge in [-0.2, -0.15) is 0 Å². The number of hydrogen-bond acceptors (Lipinski definition) is 4. The quantitative estimate of drug-likeness (QED) is 0.689. The second-order valence-electron chi connectivity index (χ2n) is 3.88. The van der Waals surface area contributed by atoms with Crippen LogP contribution in [0.25, 0.3) is 0 Å². The second-order valence-corrected chi connectivity index (χ2v) is 3.88. The summed E-state index contributed by atoms with van der Waals surface area (Å²) in [5.74, 6) is -2.68. The van der Waals surface area contributed by atoms with Gasteiger partial charge in [0.2, 0.25) is 5.75 Å². The Morgan fingerprint density at radius 2 is 1.70 bits per heavy atom. The minimum Gasteiger partial charge on any atom is -0.444 e. The lowest BCUT2D eigenvalue weighted by molar-refractivity contribution is -0.385. The molecule has 2 rings (SSSR count). The van der Waals surface area contributed by atoms with E-state index in [9.17, 15) is 18.9 Å². The summed E-state index contributed by atoms with van der Waals surface area (Å²) in [6.45, 7) is -0.0463. The van der Waals surface area contributed by atoms with Crippen molar-refractivity contribution >= 4 is 5.69 Å². The van der Waals surface area contributed by atoms with Crippen molar-refractivity contribution in [3.05, 3.63) is 63.7 Å². The zero-order valence-electron chi connectivity index (χ0n) is 10.2. The molecule has 0 amide bonds. The highest BCUT2D eigenvalue weighted by atomic mass is 19.1. The number of nitrogens with zero attached hydrogens (tertiary/aromatic N) is 1.